The van der Waals surface area contributed by atoms with Crippen molar-refractivity contribution in [3.8, 4) is 0 Å². The zero-order valence-corrected chi connectivity index (χ0v) is 13.1. The van der Waals surface area contributed by atoms with Crippen molar-refractivity contribution in [2.24, 2.45) is 0 Å². The Hall–Kier alpha value is -1.62. The van der Waals surface area contributed by atoms with Gasteiger partial charge in [0.2, 0.25) is 0 Å². The number of anilines is 1. The molecule has 0 bridgehead atoms. The molecule has 1 saturated heterocycles. The summed E-state index contributed by atoms with van der Waals surface area (Å²) in [6.07, 6.45) is 2.96. The molecule has 1 aromatic rings. The van der Waals surface area contributed by atoms with Gasteiger partial charge in [0.15, 0.2) is 0 Å². The fourth-order valence-electron chi connectivity index (χ4n) is 2.72. The highest BCUT2D eigenvalue weighted by molar-refractivity contribution is 5.95. The number of rotatable bonds is 4. The van der Waals surface area contributed by atoms with Gasteiger partial charge in [-0.05, 0) is 37.3 Å². The van der Waals surface area contributed by atoms with Crippen molar-refractivity contribution in [1.82, 2.24) is 9.88 Å². The van der Waals surface area contributed by atoms with Crippen LogP contribution in [0.15, 0.2) is 12.1 Å². The van der Waals surface area contributed by atoms with Crippen LogP contribution in [0.1, 0.15) is 55.1 Å². The minimum Gasteiger partial charge on any atom is -0.394 e. The summed E-state index contributed by atoms with van der Waals surface area (Å²) in [4.78, 5) is 19.1. The van der Waals surface area contributed by atoms with Gasteiger partial charge in [0.25, 0.3) is 5.91 Å². The molecule has 2 rings (SSSR count). The number of likely N-dealkylation sites (tertiary alicyclic amines) is 1. The van der Waals surface area contributed by atoms with Crippen molar-refractivity contribution in [1.29, 1.82) is 0 Å². The van der Waals surface area contributed by atoms with Crippen LogP contribution < -0.4 is 5.32 Å². The van der Waals surface area contributed by atoms with Gasteiger partial charge >= 0.3 is 0 Å². The molecule has 1 unspecified atom stereocenters. The summed E-state index contributed by atoms with van der Waals surface area (Å²) >= 11 is 0. The third kappa shape index (κ3) is 3.53. The number of pyridine rings is 1. The van der Waals surface area contributed by atoms with Gasteiger partial charge < -0.3 is 15.3 Å². The van der Waals surface area contributed by atoms with E-state index in [1.165, 1.54) is 0 Å². The summed E-state index contributed by atoms with van der Waals surface area (Å²) in [6, 6.07) is 3.61. The molecule has 2 heterocycles. The van der Waals surface area contributed by atoms with Crippen molar-refractivity contribution < 1.29 is 9.90 Å². The fraction of sp³-hybridized carbons (Fsp3) is 0.625. The molecule has 0 saturated carbocycles. The van der Waals surface area contributed by atoms with Gasteiger partial charge in [0, 0.05) is 24.8 Å². The molecule has 21 heavy (non-hydrogen) atoms. The summed E-state index contributed by atoms with van der Waals surface area (Å²) in [7, 11) is 1.80. The number of aromatic nitrogens is 1. The first kappa shape index (κ1) is 15.8. The highest BCUT2D eigenvalue weighted by Gasteiger charge is 2.27. The van der Waals surface area contributed by atoms with Gasteiger partial charge in [-0.1, -0.05) is 13.8 Å². The largest absolute Gasteiger partial charge is 0.394 e. The number of hydrogen-bond donors (Lipinski definition) is 2. The second-order valence-corrected chi connectivity index (χ2v) is 5.90. The Morgan fingerprint density at radius 3 is 2.86 bits per heavy atom. The molecule has 1 aliphatic rings. The van der Waals surface area contributed by atoms with Crippen LogP contribution in [0.2, 0.25) is 0 Å². The third-order valence-electron chi connectivity index (χ3n) is 4.04. The van der Waals surface area contributed by atoms with Crippen molar-refractivity contribution in [2.45, 2.75) is 45.1 Å². The third-order valence-corrected chi connectivity index (χ3v) is 4.04. The summed E-state index contributed by atoms with van der Waals surface area (Å²) in [5, 5.41) is 12.5. The molecule has 1 amide bonds. The van der Waals surface area contributed by atoms with Gasteiger partial charge in [0.1, 0.15) is 5.82 Å². The van der Waals surface area contributed by atoms with Gasteiger partial charge in [-0.15, -0.1) is 0 Å². The lowest BCUT2D eigenvalue weighted by atomic mass is 10.0. The normalized spacial score (nSPS) is 18.9. The van der Waals surface area contributed by atoms with Gasteiger partial charge in [-0.3, -0.25) is 4.79 Å². The number of hydrogen-bond acceptors (Lipinski definition) is 4. The number of carbonyl (C=O) groups excluding carboxylic acids is 1. The highest BCUT2D eigenvalue weighted by Crippen LogP contribution is 2.22. The molecular weight excluding hydrogens is 266 g/mol. The van der Waals surface area contributed by atoms with Crippen LogP contribution in [0.5, 0.6) is 0 Å². The van der Waals surface area contributed by atoms with Crippen LogP contribution in [0, 0.1) is 0 Å². The number of carbonyl (C=O) groups is 1. The van der Waals surface area contributed by atoms with E-state index in [1.54, 1.807) is 13.1 Å². The number of amides is 1. The molecular formula is C16H25N3O2. The second-order valence-electron chi connectivity index (χ2n) is 5.90. The molecule has 116 valence electrons. The van der Waals surface area contributed by atoms with Gasteiger partial charge in [-0.2, -0.15) is 0 Å². The maximum Gasteiger partial charge on any atom is 0.254 e. The monoisotopic (exact) mass is 291 g/mol. The Labute approximate surface area is 126 Å². The molecule has 1 aliphatic heterocycles. The van der Waals surface area contributed by atoms with E-state index in [1.807, 2.05) is 11.0 Å². The number of piperidine rings is 1. The summed E-state index contributed by atoms with van der Waals surface area (Å²) in [5.74, 6) is 0.969. The summed E-state index contributed by atoms with van der Waals surface area (Å²) < 4.78 is 0. The van der Waals surface area contributed by atoms with Crippen LogP contribution in [-0.4, -0.2) is 47.1 Å². The lowest BCUT2D eigenvalue weighted by molar-refractivity contribution is 0.0503. The maximum atomic E-state index is 12.8. The van der Waals surface area contributed by atoms with E-state index < -0.39 is 0 Å². The van der Waals surface area contributed by atoms with Crippen LogP contribution in [-0.2, 0) is 0 Å². The molecule has 1 fully saturated rings. The van der Waals surface area contributed by atoms with E-state index in [9.17, 15) is 9.90 Å². The molecule has 0 radical (unpaired) electrons. The number of aliphatic hydroxyl groups excluding tert-OH is 1. The van der Waals surface area contributed by atoms with E-state index in [-0.39, 0.29) is 24.5 Å². The molecule has 0 aliphatic carbocycles. The predicted molar refractivity (Wildman–Crippen MR) is 83.6 cm³/mol. The van der Waals surface area contributed by atoms with Crippen molar-refractivity contribution in [3.63, 3.8) is 0 Å². The van der Waals surface area contributed by atoms with Crippen molar-refractivity contribution in [3.05, 3.63) is 23.4 Å². The minimum absolute atomic E-state index is 0.00505. The molecule has 1 aromatic heterocycles. The number of aliphatic hydroxyl groups is 1. The SMILES string of the molecule is CNc1cc(C(=O)N2CCCCC2CO)cc(C(C)C)n1. The average molecular weight is 291 g/mol. The first-order chi connectivity index (χ1) is 10.1. The highest BCUT2D eigenvalue weighted by atomic mass is 16.3. The van der Waals surface area contributed by atoms with Gasteiger partial charge in [0.05, 0.1) is 12.6 Å². The Morgan fingerprint density at radius 1 is 1.48 bits per heavy atom. The lowest BCUT2D eigenvalue weighted by Gasteiger charge is -2.34. The predicted octanol–water partition coefficient (Wildman–Crippen LogP) is 2.23. The first-order valence-electron chi connectivity index (χ1n) is 7.68. The molecule has 2 N–H and O–H groups in total. The fourth-order valence-corrected chi connectivity index (χ4v) is 2.72. The van der Waals surface area contributed by atoms with E-state index in [0.717, 1.165) is 31.5 Å². The Balaban J connectivity index is 2.31. The minimum atomic E-state index is -0.0556. The number of nitrogens with zero attached hydrogens (tertiary/aromatic N) is 2. The summed E-state index contributed by atoms with van der Waals surface area (Å²) in [6.45, 7) is 4.88. The first-order valence-corrected chi connectivity index (χ1v) is 7.68. The molecule has 0 spiro atoms. The smallest absolute Gasteiger partial charge is 0.254 e. The van der Waals surface area contributed by atoms with Crippen LogP contribution in [0.4, 0.5) is 5.82 Å². The van der Waals surface area contributed by atoms with E-state index >= 15 is 0 Å². The topological polar surface area (TPSA) is 65.5 Å². The zero-order valence-electron chi connectivity index (χ0n) is 13.1. The number of nitrogens with one attached hydrogen (secondary N) is 1. The molecule has 5 nitrogen and oxygen atoms in total. The quantitative estimate of drug-likeness (QED) is 0.893. The van der Waals surface area contributed by atoms with Crippen molar-refractivity contribution in [2.75, 3.05) is 25.5 Å². The van der Waals surface area contributed by atoms with Crippen molar-refractivity contribution >= 4 is 11.7 Å². The van der Waals surface area contributed by atoms with E-state index in [4.69, 9.17) is 0 Å². The average Bonchev–Trinajstić information content (AvgIpc) is 2.53. The standard InChI is InChI=1S/C16H25N3O2/c1-11(2)14-8-12(9-15(17-3)18-14)16(21)19-7-5-4-6-13(19)10-20/h8-9,11,13,20H,4-7,10H2,1-3H3,(H,17,18). The van der Waals surface area contributed by atoms with Gasteiger partial charge in [-0.25, -0.2) is 4.98 Å². The van der Waals surface area contributed by atoms with E-state index in [2.05, 4.69) is 24.1 Å². The molecule has 1 atom stereocenters. The van der Waals surface area contributed by atoms with Crippen LogP contribution in [0.25, 0.3) is 0 Å². The molecule has 5 heteroatoms. The lowest BCUT2D eigenvalue weighted by Crippen LogP contribution is -2.45. The Kier molecular flexibility index (Phi) is 5.17. The van der Waals surface area contributed by atoms with Crippen LogP contribution >= 0.6 is 0 Å². The Morgan fingerprint density at radius 2 is 2.24 bits per heavy atom. The second kappa shape index (κ2) is 6.89. The summed E-state index contributed by atoms with van der Waals surface area (Å²) in [5.41, 5.74) is 1.56. The zero-order chi connectivity index (χ0) is 15.4. The van der Waals surface area contributed by atoms with E-state index in [0.29, 0.717) is 11.4 Å². The maximum absolute atomic E-state index is 12.8. The Bertz CT molecular complexity index is 502. The van der Waals surface area contributed by atoms with Crippen LogP contribution in [0.3, 0.4) is 0 Å². The molecule has 0 aromatic carbocycles.